The van der Waals surface area contributed by atoms with Gasteiger partial charge < -0.3 is 0 Å². The zero-order chi connectivity index (χ0) is 22.0. The number of nitrogens with zero attached hydrogens (tertiary/aromatic N) is 1. The molecule has 0 spiro atoms. The molecule has 1 fully saturated rings. The first-order chi connectivity index (χ1) is 14.9. The maximum absolute atomic E-state index is 13.5. The Bertz CT molecular complexity index is 1210. The largest absolute Gasteiger partial charge is 0.289 e. The first-order valence-corrected chi connectivity index (χ1v) is 11.8. The first-order valence-electron chi connectivity index (χ1n) is 10.3. The summed E-state index contributed by atoms with van der Waals surface area (Å²) in [6, 6.07) is 25.6. The molecule has 31 heavy (non-hydrogen) atoms. The van der Waals surface area contributed by atoms with E-state index in [1.54, 1.807) is 36.4 Å². The van der Waals surface area contributed by atoms with Gasteiger partial charge in [0.25, 0.3) is 0 Å². The van der Waals surface area contributed by atoms with E-state index in [-0.39, 0.29) is 23.1 Å². The molecule has 1 atom stereocenters. The molecule has 1 unspecified atom stereocenters. The maximum Gasteiger partial charge on any atom is 0.243 e. The van der Waals surface area contributed by atoms with Gasteiger partial charge in [0.2, 0.25) is 10.0 Å². The topological polar surface area (TPSA) is 54.5 Å². The van der Waals surface area contributed by atoms with Crippen LogP contribution >= 0.6 is 0 Å². The number of hydrogen-bond donors (Lipinski definition) is 0. The minimum atomic E-state index is -3.64. The molecule has 0 aromatic heterocycles. The number of Topliss-reactive ketones (excluding diaryl/α,β-unsaturated/α-hetero) is 1. The van der Waals surface area contributed by atoms with Crippen LogP contribution in [0.2, 0.25) is 0 Å². The minimum absolute atomic E-state index is 0.0666. The Morgan fingerprint density at radius 3 is 1.97 bits per heavy atom. The summed E-state index contributed by atoms with van der Waals surface area (Å²) in [5, 5.41) is 0. The van der Waals surface area contributed by atoms with Gasteiger partial charge >= 0.3 is 0 Å². The van der Waals surface area contributed by atoms with Crippen LogP contribution in [0.1, 0.15) is 28.4 Å². The number of carbonyl (C=O) groups excluding carboxylic acids is 1. The lowest BCUT2D eigenvalue weighted by Crippen LogP contribution is -2.28. The summed E-state index contributed by atoms with van der Waals surface area (Å²) in [5.41, 5.74) is 3.87. The van der Waals surface area contributed by atoms with Crippen molar-refractivity contribution in [3.63, 3.8) is 0 Å². The van der Waals surface area contributed by atoms with E-state index in [4.69, 9.17) is 0 Å². The molecular weight excluding hydrogens is 406 g/mol. The number of rotatable bonds is 5. The molecule has 1 heterocycles. The number of benzene rings is 3. The highest BCUT2D eigenvalue weighted by molar-refractivity contribution is 7.89. The highest BCUT2D eigenvalue weighted by Gasteiger charge is 2.36. The predicted molar refractivity (Wildman–Crippen MR) is 123 cm³/mol. The summed E-state index contributed by atoms with van der Waals surface area (Å²) in [6.45, 7) is 4.47. The lowest BCUT2D eigenvalue weighted by atomic mass is 9.88. The van der Waals surface area contributed by atoms with Gasteiger partial charge in [-0.25, -0.2) is 8.42 Å². The lowest BCUT2D eigenvalue weighted by molar-refractivity contribution is 0.105. The number of sulfonamides is 1. The number of aryl methyl sites for hydroxylation is 1. The molecule has 0 N–H and O–H groups in total. The normalized spacial score (nSPS) is 18.7. The van der Waals surface area contributed by atoms with Crippen LogP contribution in [0.25, 0.3) is 5.57 Å². The Hall–Kier alpha value is -3.02. The van der Waals surface area contributed by atoms with Crippen LogP contribution in [0.4, 0.5) is 0 Å². The van der Waals surface area contributed by atoms with Crippen LogP contribution in [-0.2, 0) is 10.0 Å². The van der Waals surface area contributed by atoms with Crippen LogP contribution < -0.4 is 0 Å². The SMILES string of the molecule is Cc1ccc(S(=O)(=O)N2C/C(=C(/C(=O)c3ccccc3)c3ccccc3)C(C)C2)cc1. The molecule has 0 aliphatic carbocycles. The molecule has 0 saturated carbocycles. The van der Waals surface area contributed by atoms with Gasteiger partial charge in [-0.3, -0.25) is 4.79 Å². The molecule has 1 saturated heterocycles. The zero-order valence-electron chi connectivity index (χ0n) is 17.7. The summed E-state index contributed by atoms with van der Waals surface area (Å²) in [6.07, 6.45) is 0. The molecule has 158 valence electrons. The monoisotopic (exact) mass is 431 g/mol. The fourth-order valence-electron chi connectivity index (χ4n) is 3.99. The second-order valence-corrected chi connectivity index (χ2v) is 9.91. The average molecular weight is 432 g/mol. The highest BCUT2D eigenvalue weighted by Crippen LogP contribution is 2.35. The summed E-state index contributed by atoms with van der Waals surface area (Å²) in [5.74, 6) is -0.147. The van der Waals surface area contributed by atoms with Gasteiger partial charge in [0, 0.05) is 24.2 Å². The molecule has 0 bridgehead atoms. The third-order valence-corrected chi connectivity index (χ3v) is 7.55. The van der Waals surface area contributed by atoms with E-state index < -0.39 is 10.0 Å². The minimum Gasteiger partial charge on any atom is -0.289 e. The summed E-state index contributed by atoms with van der Waals surface area (Å²) < 4.78 is 28.0. The quantitative estimate of drug-likeness (QED) is 0.423. The van der Waals surface area contributed by atoms with E-state index in [2.05, 4.69) is 0 Å². The lowest BCUT2D eigenvalue weighted by Gasteiger charge is -2.16. The number of allylic oxidation sites excluding steroid dienone is 1. The number of ketones is 1. The molecule has 5 heteroatoms. The Morgan fingerprint density at radius 2 is 1.39 bits per heavy atom. The third kappa shape index (κ3) is 4.24. The van der Waals surface area contributed by atoms with E-state index in [0.29, 0.717) is 17.7 Å². The Labute approximate surface area is 183 Å². The summed E-state index contributed by atoms with van der Waals surface area (Å²) in [4.78, 5) is 13.8. The van der Waals surface area contributed by atoms with Crippen molar-refractivity contribution in [3.05, 3.63) is 107 Å². The second kappa shape index (κ2) is 8.61. The van der Waals surface area contributed by atoms with Crippen molar-refractivity contribution in [3.8, 4) is 0 Å². The predicted octanol–water partition coefficient (Wildman–Crippen LogP) is 4.97. The van der Waals surface area contributed by atoms with Crippen molar-refractivity contribution in [1.29, 1.82) is 0 Å². The van der Waals surface area contributed by atoms with Gasteiger partial charge in [-0.05, 0) is 36.1 Å². The van der Waals surface area contributed by atoms with E-state index in [9.17, 15) is 13.2 Å². The molecule has 3 aromatic carbocycles. The zero-order valence-corrected chi connectivity index (χ0v) is 18.5. The van der Waals surface area contributed by atoms with Crippen molar-refractivity contribution >= 4 is 21.4 Å². The van der Waals surface area contributed by atoms with Crippen LogP contribution in [0.3, 0.4) is 0 Å². The Balaban J connectivity index is 1.78. The summed E-state index contributed by atoms with van der Waals surface area (Å²) in [7, 11) is -3.64. The van der Waals surface area contributed by atoms with Gasteiger partial charge in [-0.2, -0.15) is 4.31 Å². The maximum atomic E-state index is 13.5. The third-order valence-electron chi connectivity index (χ3n) is 5.72. The van der Waals surface area contributed by atoms with Gasteiger partial charge in [0.05, 0.1) is 4.90 Å². The average Bonchev–Trinajstić information content (AvgIpc) is 3.17. The van der Waals surface area contributed by atoms with Crippen LogP contribution in [-0.4, -0.2) is 31.6 Å². The van der Waals surface area contributed by atoms with E-state index in [1.165, 1.54) is 4.31 Å². The Kier molecular flexibility index (Phi) is 5.90. The molecular formula is C26H25NO3S. The summed E-state index contributed by atoms with van der Waals surface area (Å²) >= 11 is 0. The van der Waals surface area contributed by atoms with Crippen LogP contribution in [0.15, 0.2) is 95.4 Å². The molecule has 0 radical (unpaired) electrons. The molecule has 0 amide bonds. The second-order valence-electron chi connectivity index (χ2n) is 7.97. The molecule has 1 aliphatic heterocycles. The number of carbonyl (C=O) groups is 1. The standard InChI is InChI=1S/C26H25NO3S/c1-19-13-15-23(16-14-19)31(29,30)27-17-20(2)24(18-27)25(21-9-5-3-6-10-21)26(28)22-11-7-4-8-12-22/h3-16,20H,17-18H2,1-2H3/b25-24-. The van der Waals surface area contributed by atoms with Crippen LogP contribution in [0.5, 0.6) is 0 Å². The van der Waals surface area contributed by atoms with Gasteiger partial charge in [-0.1, -0.05) is 85.3 Å². The fraction of sp³-hybridized carbons (Fsp3) is 0.192. The van der Waals surface area contributed by atoms with Crippen LogP contribution in [0, 0.1) is 12.8 Å². The van der Waals surface area contributed by atoms with Gasteiger partial charge in [-0.15, -0.1) is 0 Å². The van der Waals surface area contributed by atoms with E-state index in [1.807, 2.05) is 62.4 Å². The first kappa shape index (κ1) is 21.2. The molecule has 4 nitrogen and oxygen atoms in total. The van der Waals surface area contributed by atoms with E-state index >= 15 is 0 Å². The number of hydrogen-bond acceptors (Lipinski definition) is 3. The molecule has 4 rings (SSSR count). The van der Waals surface area contributed by atoms with Crippen molar-refractivity contribution in [2.24, 2.45) is 5.92 Å². The smallest absolute Gasteiger partial charge is 0.243 e. The molecule has 1 aliphatic rings. The fourth-order valence-corrected chi connectivity index (χ4v) is 5.50. The van der Waals surface area contributed by atoms with Gasteiger partial charge in [0.1, 0.15) is 0 Å². The van der Waals surface area contributed by atoms with Crippen molar-refractivity contribution in [1.82, 2.24) is 4.31 Å². The van der Waals surface area contributed by atoms with Crippen molar-refractivity contribution in [2.45, 2.75) is 18.7 Å². The van der Waals surface area contributed by atoms with Crippen molar-refractivity contribution in [2.75, 3.05) is 13.1 Å². The van der Waals surface area contributed by atoms with Gasteiger partial charge in [0.15, 0.2) is 5.78 Å². The Morgan fingerprint density at radius 1 is 0.839 bits per heavy atom. The molecule has 3 aromatic rings. The van der Waals surface area contributed by atoms with Crippen molar-refractivity contribution < 1.29 is 13.2 Å². The van der Waals surface area contributed by atoms with E-state index in [0.717, 1.165) is 16.7 Å². The highest BCUT2D eigenvalue weighted by atomic mass is 32.2.